The third-order valence-electron chi connectivity index (χ3n) is 2.13. The van der Waals surface area contributed by atoms with Crippen molar-refractivity contribution < 1.29 is 9.02 Å². The molecule has 0 spiro atoms. The van der Waals surface area contributed by atoms with Crippen LogP contribution in [0.5, 0.6) is 0 Å². The van der Waals surface area contributed by atoms with Crippen LogP contribution in [0.4, 0.5) is 10.2 Å². The van der Waals surface area contributed by atoms with E-state index in [0.29, 0.717) is 5.56 Å². The molecule has 2 rings (SSSR count). The van der Waals surface area contributed by atoms with Crippen LogP contribution < -0.4 is 11.5 Å². The van der Waals surface area contributed by atoms with E-state index in [4.69, 9.17) is 11.5 Å². The highest BCUT2D eigenvalue weighted by atomic mass is 19.1. The molecule has 1 heterocycles. The van der Waals surface area contributed by atoms with Gasteiger partial charge in [0.15, 0.2) is 17.3 Å². The van der Waals surface area contributed by atoms with Gasteiger partial charge < -0.3 is 11.5 Å². The molecule has 0 unspecified atom stereocenters. The fraction of sp³-hybridized carbons (Fsp3) is 0.100. The van der Waals surface area contributed by atoms with E-state index in [9.17, 15) is 4.39 Å². The lowest BCUT2D eigenvalue weighted by molar-refractivity contribution is 0.308. The molecule has 2 aromatic rings. The molecule has 0 saturated carbocycles. The summed E-state index contributed by atoms with van der Waals surface area (Å²) in [5, 5.41) is 6.86. The Bertz CT molecular complexity index is 551. The van der Waals surface area contributed by atoms with Crippen LogP contribution >= 0.6 is 0 Å². The Kier molecular flexibility index (Phi) is 2.99. The zero-order valence-corrected chi connectivity index (χ0v) is 8.80. The standard InChI is InChI=1S/C10H10FN5O/c11-7-4-2-1-3-6(7)5-14-9(12)8-10(13)16-17-15-8/h1-4H,5H2,(H2,12,14)(H2,13,16). The Labute approximate surface area is 96.1 Å². The highest BCUT2D eigenvalue weighted by Crippen LogP contribution is 2.09. The molecule has 0 aliphatic heterocycles. The molecular weight excluding hydrogens is 225 g/mol. The molecule has 7 heteroatoms. The van der Waals surface area contributed by atoms with Gasteiger partial charge in [-0.25, -0.2) is 9.02 Å². The topological polar surface area (TPSA) is 103 Å². The van der Waals surface area contributed by atoms with Crippen LogP contribution in [-0.2, 0) is 6.54 Å². The number of aromatic nitrogens is 2. The van der Waals surface area contributed by atoms with Gasteiger partial charge in [0, 0.05) is 5.56 Å². The normalized spacial score (nSPS) is 11.7. The molecule has 0 radical (unpaired) electrons. The largest absolute Gasteiger partial charge is 0.382 e. The van der Waals surface area contributed by atoms with Crippen LogP contribution in [-0.4, -0.2) is 16.1 Å². The summed E-state index contributed by atoms with van der Waals surface area (Å²) in [6, 6.07) is 6.30. The Morgan fingerprint density at radius 3 is 2.76 bits per heavy atom. The van der Waals surface area contributed by atoms with Gasteiger partial charge in [0.2, 0.25) is 0 Å². The predicted octanol–water partition coefficient (Wildman–Crippen LogP) is 0.696. The molecule has 0 saturated heterocycles. The number of rotatable bonds is 3. The summed E-state index contributed by atoms with van der Waals surface area (Å²) in [7, 11) is 0. The number of hydrogen-bond acceptors (Lipinski definition) is 5. The van der Waals surface area contributed by atoms with E-state index in [1.54, 1.807) is 18.2 Å². The SMILES string of the molecule is NC(=NCc1ccccc1F)c1nonc1N. The molecule has 6 nitrogen and oxygen atoms in total. The minimum Gasteiger partial charge on any atom is -0.382 e. The average Bonchev–Trinajstić information content (AvgIpc) is 2.74. The summed E-state index contributed by atoms with van der Waals surface area (Å²) in [4.78, 5) is 3.97. The first kappa shape index (κ1) is 11.1. The molecule has 0 atom stereocenters. The lowest BCUT2D eigenvalue weighted by atomic mass is 10.2. The van der Waals surface area contributed by atoms with Crippen LogP contribution in [0.3, 0.4) is 0 Å². The maximum absolute atomic E-state index is 13.3. The van der Waals surface area contributed by atoms with Gasteiger partial charge in [0.25, 0.3) is 0 Å². The van der Waals surface area contributed by atoms with Gasteiger partial charge in [0.1, 0.15) is 5.82 Å². The summed E-state index contributed by atoms with van der Waals surface area (Å²) < 4.78 is 17.7. The number of aliphatic imine (C=N–C) groups is 1. The van der Waals surface area contributed by atoms with Crippen molar-refractivity contribution in [3.05, 3.63) is 41.3 Å². The number of halogens is 1. The fourth-order valence-electron chi connectivity index (χ4n) is 1.25. The predicted molar refractivity (Wildman–Crippen MR) is 59.5 cm³/mol. The van der Waals surface area contributed by atoms with Crippen molar-refractivity contribution in [1.82, 2.24) is 10.3 Å². The first-order valence-electron chi connectivity index (χ1n) is 4.80. The second-order valence-electron chi connectivity index (χ2n) is 3.29. The van der Waals surface area contributed by atoms with Crippen LogP contribution in [0.1, 0.15) is 11.3 Å². The number of nitrogen functional groups attached to an aromatic ring is 1. The van der Waals surface area contributed by atoms with E-state index in [0.717, 1.165) is 0 Å². The van der Waals surface area contributed by atoms with Crippen molar-refractivity contribution in [2.75, 3.05) is 5.73 Å². The minimum atomic E-state index is -0.338. The number of amidine groups is 1. The van der Waals surface area contributed by atoms with Crippen molar-refractivity contribution >= 4 is 11.7 Å². The molecule has 0 aliphatic carbocycles. The van der Waals surface area contributed by atoms with Gasteiger partial charge in [-0.1, -0.05) is 18.2 Å². The summed E-state index contributed by atoms with van der Waals surface area (Å²) in [6.07, 6.45) is 0. The van der Waals surface area contributed by atoms with Crippen molar-refractivity contribution in [2.45, 2.75) is 6.54 Å². The zero-order valence-electron chi connectivity index (χ0n) is 8.80. The number of anilines is 1. The quantitative estimate of drug-likeness (QED) is 0.602. The van der Waals surface area contributed by atoms with Crippen molar-refractivity contribution in [3.8, 4) is 0 Å². The molecule has 0 aliphatic rings. The van der Waals surface area contributed by atoms with Gasteiger partial charge in [0.05, 0.1) is 6.54 Å². The lowest BCUT2D eigenvalue weighted by Gasteiger charge is -1.99. The molecule has 88 valence electrons. The smallest absolute Gasteiger partial charge is 0.199 e. The maximum atomic E-state index is 13.3. The number of benzene rings is 1. The van der Waals surface area contributed by atoms with Crippen LogP contribution in [0.2, 0.25) is 0 Å². The maximum Gasteiger partial charge on any atom is 0.199 e. The summed E-state index contributed by atoms with van der Waals surface area (Å²) >= 11 is 0. The van der Waals surface area contributed by atoms with Crippen LogP contribution in [0.15, 0.2) is 33.9 Å². The second kappa shape index (κ2) is 4.60. The molecule has 0 fully saturated rings. The van der Waals surface area contributed by atoms with Gasteiger partial charge in [-0.2, -0.15) is 0 Å². The first-order chi connectivity index (χ1) is 8.18. The van der Waals surface area contributed by atoms with Gasteiger partial charge >= 0.3 is 0 Å². The van der Waals surface area contributed by atoms with E-state index in [-0.39, 0.29) is 29.7 Å². The fourth-order valence-corrected chi connectivity index (χ4v) is 1.25. The minimum absolute atomic E-state index is 0.0554. The van der Waals surface area contributed by atoms with E-state index in [1.165, 1.54) is 6.07 Å². The summed E-state index contributed by atoms with van der Waals surface area (Å²) in [5.74, 6) is -0.220. The Morgan fingerprint density at radius 1 is 1.35 bits per heavy atom. The highest BCUT2D eigenvalue weighted by Gasteiger charge is 2.10. The van der Waals surface area contributed by atoms with E-state index in [1.807, 2.05) is 0 Å². The molecule has 0 bridgehead atoms. The lowest BCUT2D eigenvalue weighted by Crippen LogP contribution is -2.16. The molecular formula is C10H10FN5O. The molecule has 1 aromatic carbocycles. The molecule has 0 amide bonds. The molecule has 1 aromatic heterocycles. The Morgan fingerprint density at radius 2 is 2.12 bits per heavy atom. The van der Waals surface area contributed by atoms with Crippen LogP contribution in [0.25, 0.3) is 0 Å². The van der Waals surface area contributed by atoms with Gasteiger partial charge in [-0.15, -0.1) is 0 Å². The van der Waals surface area contributed by atoms with Crippen molar-refractivity contribution in [2.24, 2.45) is 10.7 Å². The van der Waals surface area contributed by atoms with Crippen molar-refractivity contribution in [1.29, 1.82) is 0 Å². The molecule has 17 heavy (non-hydrogen) atoms. The number of hydrogen-bond donors (Lipinski definition) is 2. The van der Waals surface area contributed by atoms with Gasteiger partial charge in [-0.3, -0.25) is 4.99 Å². The number of nitrogens with zero attached hydrogens (tertiary/aromatic N) is 3. The van der Waals surface area contributed by atoms with Crippen LogP contribution in [0, 0.1) is 5.82 Å². The zero-order chi connectivity index (χ0) is 12.3. The monoisotopic (exact) mass is 235 g/mol. The van der Waals surface area contributed by atoms with Gasteiger partial charge in [-0.05, 0) is 16.4 Å². The van der Waals surface area contributed by atoms with E-state index >= 15 is 0 Å². The third-order valence-corrected chi connectivity index (χ3v) is 2.13. The van der Waals surface area contributed by atoms with Crippen molar-refractivity contribution in [3.63, 3.8) is 0 Å². The summed E-state index contributed by atoms with van der Waals surface area (Å²) in [6.45, 7) is 0.102. The Hall–Kier alpha value is -2.44. The average molecular weight is 235 g/mol. The Balaban J connectivity index is 2.17. The summed E-state index contributed by atoms with van der Waals surface area (Å²) in [5.41, 5.74) is 11.7. The third kappa shape index (κ3) is 2.39. The second-order valence-corrected chi connectivity index (χ2v) is 3.29. The highest BCUT2D eigenvalue weighted by molar-refractivity contribution is 5.99. The molecule has 4 N–H and O–H groups in total. The van der Waals surface area contributed by atoms with E-state index in [2.05, 4.69) is 19.9 Å². The first-order valence-corrected chi connectivity index (χ1v) is 4.80. The number of nitrogens with two attached hydrogens (primary N) is 2. The van der Waals surface area contributed by atoms with E-state index < -0.39 is 0 Å².